The van der Waals surface area contributed by atoms with Crippen LogP contribution in [0.2, 0.25) is 0 Å². The van der Waals surface area contributed by atoms with Gasteiger partial charge in [0.2, 0.25) is 5.91 Å². The van der Waals surface area contributed by atoms with Gasteiger partial charge in [-0.2, -0.15) is 0 Å². The Labute approximate surface area is 200 Å². The van der Waals surface area contributed by atoms with E-state index in [1.54, 1.807) is 24.5 Å². The highest BCUT2D eigenvalue weighted by molar-refractivity contribution is 5.92. The maximum Gasteiger partial charge on any atom is 0.228 e. The fraction of sp³-hybridized carbons (Fsp3) is 0.0769. The number of hydrogen-bond acceptors (Lipinski definition) is 6. The van der Waals surface area contributed by atoms with Gasteiger partial charge in [-0.05, 0) is 54.1 Å². The molecule has 0 bridgehead atoms. The molecule has 0 atom stereocenters. The molecule has 0 aliphatic carbocycles. The Bertz CT molecular complexity index is 1530. The molecule has 5 aromatic rings. The lowest BCUT2D eigenvalue weighted by Crippen LogP contribution is -2.14. The van der Waals surface area contributed by atoms with E-state index in [2.05, 4.69) is 15.3 Å². The Morgan fingerprint density at radius 2 is 1.83 bits per heavy atom. The van der Waals surface area contributed by atoms with Gasteiger partial charge >= 0.3 is 0 Å². The first kappa shape index (κ1) is 22.0. The molecule has 0 saturated carbocycles. The highest BCUT2D eigenvalue weighted by atomic mass is 19.1. The second-order valence-corrected chi connectivity index (χ2v) is 7.79. The number of nitrogens with two attached hydrogens (primary N) is 1. The number of methoxy groups -OCH3 is 1. The number of amides is 1. The molecule has 3 aromatic heterocycles. The number of imidazole rings is 1. The molecule has 1 amide bonds. The summed E-state index contributed by atoms with van der Waals surface area (Å²) in [6.07, 6.45) is 3.46. The van der Waals surface area contributed by atoms with Gasteiger partial charge in [0.1, 0.15) is 11.3 Å². The van der Waals surface area contributed by atoms with Gasteiger partial charge in [-0.3, -0.25) is 9.36 Å². The molecule has 0 unspecified atom stereocenters. The van der Waals surface area contributed by atoms with E-state index in [0.717, 1.165) is 16.8 Å². The van der Waals surface area contributed by atoms with Crippen LogP contribution in [-0.4, -0.2) is 32.5 Å². The van der Waals surface area contributed by atoms with Gasteiger partial charge in [0.25, 0.3) is 0 Å². The average Bonchev–Trinajstić information content (AvgIpc) is 3.24. The normalized spacial score (nSPS) is 10.9. The summed E-state index contributed by atoms with van der Waals surface area (Å²) in [6, 6.07) is 19.2. The molecule has 0 radical (unpaired) electrons. The van der Waals surface area contributed by atoms with E-state index in [-0.39, 0.29) is 18.1 Å². The summed E-state index contributed by atoms with van der Waals surface area (Å²) in [6.45, 7) is 0. The molecule has 3 N–H and O–H groups in total. The predicted molar refractivity (Wildman–Crippen MR) is 132 cm³/mol. The molecule has 3 heterocycles. The second-order valence-electron chi connectivity index (χ2n) is 7.79. The first-order valence-electron chi connectivity index (χ1n) is 10.8. The highest BCUT2D eigenvalue weighted by Gasteiger charge is 2.17. The quantitative estimate of drug-likeness (QED) is 0.383. The zero-order valence-electron chi connectivity index (χ0n) is 18.8. The van der Waals surface area contributed by atoms with Gasteiger partial charge in [-0.1, -0.05) is 12.1 Å². The number of nitrogen functional groups attached to an aromatic ring is 1. The van der Waals surface area contributed by atoms with Crippen molar-refractivity contribution in [3.05, 3.63) is 90.5 Å². The highest BCUT2D eigenvalue weighted by Crippen LogP contribution is 2.30. The number of benzene rings is 2. The Morgan fingerprint density at radius 3 is 2.57 bits per heavy atom. The van der Waals surface area contributed by atoms with Gasteiger partial charge in [0, 0.05) is 29.8 Å². The van der Waals surface area contributed by atoms with Gasteiger partial charge in [0.15, 0.2) is 23.0 Å². The van der Waals surface area contributed by atoms with Crippen molar-refractivity contribution in [2.45, 2.75) is 6.42 Å². The molecular formula is C26H21FN6O2. The molecule has 0 aliphatic heterocycles. The molecule has 8 nitrogen and oxygen atoms in total. The van der Waals surface area contributed by atoms with E-state index >= 15 is 0 Å². The number of hydrogen-bond donors (Lipinski definition) is 2. The number of ether oxygens (including phenoxy) is 1. The van der Waals surface area contributed by atoms with Gasteiger partial charge < -0.3 is 15.8 Å². The Kier molecular flexibility index (Phi) is 5.80. The van der Waals surface area contributed by atoms with Crippen LogP contribution in [0, 0.1) is 5.82 Å². The summed E-state index contributed by atoms with van der Waals surface area (Å²) in [7, 11) is 1.39. The number of nitrogens with one attached hydrogen (secondary N) is 1. The second kappa shape index (κ2) is 9.22. The Hall–Kier alpha value is -4.79. The lowest BCUT2D eigenvalue weighted by molar-refractivity contribution is -0.115. The number of nitrogens with zero attached hydrogens (tertiary/aromatic N) is 4. The first-order valence-corrected chi connectivity index (χ1v) is 10.8. The van der Waals surface area contributed by atoms with E-state index in [0.29, 0.717) is 28.5 Å². The minimum Gasteiger partial charge on any atom is -0.494 e. The zero-order valence-corrected chi connectivity index (χ0v) is 18.8. The van der Waals surface area contributed by atoms with E-state index < -0.39 is 5.82 Å². The lowest BCUT2D eigenvalue weighted by Gasteiger charge is -2.11. The van der Waals surface area contributed by atoms with Crippen LogP contribution < -0.4 is 15.8 Å². The topological polar surface area (TPSA) is 108 Å². The molecule has 35 heavy (non-hydrogen) atoms. The molecule has 0 aliphatic rings. The van der Waals surface area contributed by atoms with Crippen molar-refractivity contribution >= 4 is 28.6 Å². The summed E-state index contributed by atoms with van der Waals surface area (Å²) < 4.78 is 20.7. The van der Waals surface area contributed by atoms with Crippen LogP contribution in [0.25, 0.3) is 28.2 Å². The van der Waals surface area contributed by atoms with E-state index in [1.165, 1.54) is 19.2 Å². The van der Waals surface area contributed by atoms with Gasteiger partial charge in [-0.15, -0.1) is 0 Å². The zero-order chi connectivity index (χ0) is 24.4. The van der Waals surface area contributed by atoms with Gasteiger partial charge in [-0.25, -0.2) is 19.3 Å². The number of carbonyl (C=O) groups is 1. The molecule has 0 fully saturated rings. The summed E-state index contributed by atoms with van der Waals surface area (Å²) in [5.41, 5.74) is 10.2. The van der Waals surface area contributed by atoms with Crippen molar-refractivity contribution in [2.75, 3.05) is 18.2 Å². The molecule has 0 saturated heterocycles. The van der Waals surface area contributed by atoms with Crippen LogP contribution in [0.15, 0.2) is 79.1 Å². The lowest BCUT2D eigenvalue weighted by atomic mass is 10.1. The van der Waals surface area contributed by atoms with Crippen molar-refractivity contribution in [2.24, 2.45) is 0 Å². The van der Waals surface area contributed by atoms with E-state index in [4.69, 9.17) is 15.5 Å². The van der Waals surface area contributed by atoms with Crippen LogP contribution in [-0.2, 0) is 11.2 Å². The first-order chi connectivity index (χ1) is 17.0. The van der Waals surface area contributed by atoms with Crippen molar-refractivity contribution in [3.63, 3.8) is 0 Å². The third-order valence-corrected chi connectivity index (χ3v) is 5.49. The summed E-state index contributed by atoms with van der Waals surface area (Å²) in [5.74, 6) is 0.304. The third-order valence-electron chi connectivity index (χ3n) is 5.49. The van der Waals surface area contributed by atoms with Crippen molar-refractivity contribution < 1.29 is 13.9 Å². The number of rotatable bonds is 6. The number of aromatic nitrogens is 4. The molecule has 2 aromatic carbocycles. The number of pyridine rings is 2. The Morgan fingerprint density at radius 1 is 1.06 bits per heavy atom. The van der Waals surface area contributed by atoms with Crippen LogP contribution in [0.1, 0.15) is 5.56 Å². The largest absolute Gasteiger partial charge is 0.494 e. The minimum atomic E-state index is -0.541. The summed E-state index contributed by atoms with van der Waals surface area (Å²) in [5, 5.41) is 2.71. The molecule has 0 spiro atoms. The number of carbonyl (C=O) groups excluding carboxylic acids is 1. The van der Waals surface area contributed by atoms with Crippen molar-refractivity contribution in [3.8, 4) is 22.8 Å². The van der Waals surface area contributed by atoms with Crippen molar-refractivity contribution in [1.29, 1.82) is 0 Å². The number of anilines is 2. The van der Waals surface area contributed by atoms with Crippen LogP contribution in [0.4, 0.5) is 15.9 Å². The monoisotopic (exact) mass is 468 g/mol. The fourth-order valence-electron chi connectivity index (χ4n) is 3.84. The van der Waals surface area contributed by atoms with Crippen LogP contribution >= 0.6 is 0 Å². The third kappa shape index (κ3) is 4.39. The molecular weight excluding hydrogens is 447 g/mol. The molecule has 9 heteroatoms. The van der Waals surface area contributed by atoms with Crippen LogP contribution in [0.3, 0.4) is 0 Å². The predicted octanol–water partition coefficient (Wildman–Crippen LogP) is 4.39. The number of halogens is 1. The number of fused-ring (bicyclic) bond motifs is 1. The Balaban J connectivity index is 1.42. The smallest absolute Gasteiger partial charge is 0.228 e. The summed E-state index contributed by atoms with van der Waals surface area (Å²) >= 11 is 0. The summed E-state index contributed by atoms with van der Waals surface area (Å²) in [4.78, 5) is 25.9. The molecule has 174 valence electrons. The maximum absolute atomic E-state index is 13.9. The van der Waals surface area contributed by atoms with Crippen molar-refractivity contribution in [1.82, 2.24) is 19.5 Å². The maximum atomic E-state index is 13.9. The van der Waals surface area contributed by atoms with E-state index in [1.807, 2.05) is 47.0 Å². The fourth-order valence-corrected chi connectivity index (χ4v) is 3.84. The standard InChI is InChI=1S/C26H21FN6O2/c1-35-22-11-8-17(15-20(22)27)31-23(34)14-16-6-9-18(10-7-16)33-25(19-4-2-12-29-24(19)28)32-21-5-3-13-30-26(21)33/h2-13,15H,14H2,1H3,(H2,28,29)(H,31,34). The average molecular weight is 468 g/mol. The molecule has 5 rings (SSSR count). The van der Waals surface area contributed by atoms with Crippen LogP contribution in [0.5, 0.6) is 5.75 Å². The minimum absolute atomic E-state index is 0.118. The SMILES string of the molecule is COc1ccc(NC(=O)Cc2ccc(-n3c(-c4cccnc4N)nc4cccnc43)cc2)cc1F. The van der Waals surface area contributed by atoms with E-state index in [9.17, 15) is 9.18 Å². The van der Waals surface area contributed by atoms with Gasteiger partial charge in [0.05, 0.1) is 19.1 Å².